The Morgan fingerprint density at radius 2 is 1.89 bits per heavy atom. The summed E-state index contributed by atoms with van der Waals surface area (Å²) in [5, 5.41) is 23.0. The van der Waals surface area contributed by atoms with Crippen molar-refractivity contribution in [1.29, 1.82) is 0 Å². The molecular formula is C26H32FN5O3. The fraction of sp³-hybridized carbons (Fsp3) is 0.500. The lowest BCUT2D eigenvalue weighted by molar-refractivity contribution is -0.140. The van der Waals surface area contributed by atoms with Gasteiger partial charge in [-0.1, -0.05) is 5.16 Å². The number of amides is 1. The lowest BCUT2D eigenvalue weighted by Gasteiger charge is -2.40. The van der Waals surface area contributed by atoms with Crippen molar-refractivity contribution in [2.45, 2.75) is 63.5 Å². The van der Waals surface area contributed by atoms with Crippen molar-refractivity contribution in [2.24, 2.45) is 5.92 Å². The van der Waals surface area contributed by atoms with E-state index in [1.807, 2.05) is 24.0 Å². The van der Waals surface area contributed by atoms with Gasteiger partial charge in [0.1, 0.15) is 11.6 Å². The number of hydrogen-bond acceptors (Lipinski definition) is 6. The highest BCUT2D eigenvalue weighted by Crippen LogP contribution is 2.32. The Morgan fingerprint density at radius 3 is 2.54 bits per heavy atom. The number of benzene rings is 1. The predicted molar refractivity (Wildman–Crippen MR) is 129 cm³/mol. The standard InChI is InChI=1S/C26H32FN5O3/c1-18-16-24(30-35-18)29-21-6-2-19(3-7-21)25(33)31-14-11-26(34,12-15-31)17-23-10-13-28-32(23)22-8-4-20(27)5-9-22/h4-5,8-10,13,16,19,21,34H,2-3,6-7,11-12,14-15,17H2,1H3,(H,29,30)/t19-,21+. The molecule has 2 aromatic heterocycles. The second-order valence-corrected chi connectivity index (χ2v) is 9.95. The van der Waals surface area contributed by atoms with Gasteiger partial charge in [0.15, 0.2) is 5.82 Å². The van der Waals surface area contributed by atoms with Crippen LogP contribution in [-0.4, -0.2) is 55.6 Å². The van der Waals surface area contributed by atoms with Crippen molar-refractivity contribution in [3.05, 3.63) is 59.9 Å². The molecule has 1 aromatic carbocycles. The highest BCUT2D eigenvalue weighted by molar-refractivity contribution is 5.79. The van der Waals surface area contributed by atoms with Gasteiger partial charge in [0, 0.05) is 49.4 Å². The van der Waals surface area contributed by atoms with Gasteiger partial charge in [0.05, 0.1) is 11.3 Å². The number of carbonyl (C=O) groups is 1. The molecule has 2 aliphatic rings. The number of carbonyl (C=O) groups excluding carboxylic acids is 1. The lowest BCUT2D eigenvalue weighted by atomic mass is 9.83. The zero-order valence-corrected chi connectivity index (χ0v) is 20.0. The Morgan fingerprint density at radius 1 is 1.17 bits per heavy atom. The molecule has 0 spiro atoms. The van der Waals surface area contributed by atoms with Gasteiger partial charge in [-0.3, -0.25) is 4.79 Å². The van der Waals surface area contributed by atoms with Crippen LogP contribution in [0.3, 0.4) is 0 Å². The third-order valence-corrected chi connectivity index (χ3v) is 7.36. The number of hydrogen-bond donors (Lipinski definition) is 2. The summed E-state index contributed by atoms with van der Waals surface area (Å²) in [6, 6.07) is 10.2. The van der Waals surface area contributed by atoms with Gasteiger partial charge in [0.2, 0.25) is 5.91 Å². The van der Waals surface area contributed by atoms with Gasteiger partial charge in [-0.2, -0.15) is 5.10 Å². The van der Waals surface area contributed by atoms with Crippen molar-refractivity contribution < 1.29 is 18.8 Å². The van der Waals surface area contributed by atoms with E-state index < -0.39 is 5.60 Å². The topological polar surface area (TPSA) is 96.4 Å². The van der Waals surface area contributed by atoms with Crippen LogP contribution >= 0.6 is 0 Å². The van der Waals surface area contributed by atoms with Gasteiger partial charge in [-0.05, 0) is 75.8 Å². The van der Waals surface area contributed by atoms with Crippen LogP contribution in [0.2, 0.25) is 0 Å². The Bertz CT molecular complexity index is 1140. The molecule has 9 heteroatoms. The minimum absolute atomic E-state index is 0.0400. The fourth-order valence-corrected chi connectivity index (χ4v) is 5.32. The highest BCUT2D eigenvalue weighted by Gasteiger charge is 2.37. The Labute approximate surface area is 204 Å². The first kappa shape index (κ1) is 23.5. The van der Waals surface area contributed by atoms with Crippen LogP contribution in [0.5, 0.6) is 0 Å². The molecule has 1 aliphatic heterocycles. The Hall–Kier alpha value is -3.20. The molecule has 5 rings (SSSR count). The zero-order chi connectivity index (χ0) is 24.4. The third-order valence-electron chi connectivity index (χ3n) is 7.36. The summed E-state index contributed by atoms with van der Waals surface area (Å²) in [4.78, 5) is 15.1. The minimum Gasteiger partial charge on any atom is -0.389 e. The zero-order valence-electron chi connectivity index (χ0n) is 20.0. The van der Waals surface area contributed by atoms with E-state index in [-0.39, 0.29) is 17.6 Å². The monoisotopic (exact) mass is 481 g/mol. The summed E-state index contributed by atoms with van der Waals surface area (Å²) in [6.07, 6.45) is 6.72. The van der Waals surface area contributed by atoms with Crippen molar-refractivity contribution in [1.82, 2.24) is 19.8 Å². The van der Waals surface area contributed by atoms with E-state index in [0.717, 1.165) is 48.6 Å². The van der Waals surface area contributed by atoms with Gasteiger partial charge >= 0.3 is 0 Å². The molecule has 0 bridgehead atoms. The number of piperidine rings is 1. The van der Waals surface area contributed by atoms with E-state index in [0.29, 0.717) is 38.4 Å². The molecule has 3 aromatic rings. The van der Waals surface area contributed by atoms with Gasteiger partial charge in [-0.25, -0.2) is 9.07 Å². The molecule has 0 atom stereocenters. The second kappa shape index (κ2) is 9.81. The van der Waals surface area contributed by atoms with Crippen molar-refractivity contribution >= 4 is 11.7 Å². The van der Waals surface area contributed by atoms with Crippen molar-refractivity contribution in [2.75, 3.05) is 18.4 Å². The maximum absolute atomic E-state index is 13.3. The average molecular weight is 482 g/mol. The lowest BCUT2D eigenvalue weighted by Crippen LogP contribution is -2.50. The van der Waals surface area contributed by atoms with E-state index in [2.05, 4.69) is 15.6 Å². The molecular weight excluding hydrogens is 449 g/mol. The number of nitrogens with one attached hydrogen (secondary N) is 1. The molecule has 2 fully saturated rings. The smallest absolute Gasteiger partial charge is 0.225 e. The third kappa shape index (κ3) is 5.40. The summed E-state index contributed by atoms with van der Waals surface area (Å²) in [6.45, 7) is 2.97. The molecule has 1 aliphatic carbocycles. The van der Waals surface area contributed by atoms with Gasteiger partial charge in [-0.15, -0.1) is 0 Å². The molecule has 3 heterocycles. The molecule has 1 amide bonds. The quantitative estimate of drug-likeness (QED) is 0.555. The molecule has 0 unspecified atom stereocenters. The first-order valence-corrected chi connectivity index (χ1v) is 12.4. The van der Waals surface area contributed by atoms with Crippen LogP contribution in [0, 0.1) is 18.7 Å². The van der Waals surface area contributed by atoms with Crippen molar-refractivity contribution in [3.63, 3.8) is 0 Å². The molecule has 0 radical (unpaired) electrons. The van der Waals surface area contributed by atoms with Crippen LogP contribution < -0.4 is 5.32 Å². The van der Waals surface area contributed by atoms with Gasteiger partial charge in [0.25, 0.3) is 0 Å². The number of aryl methyl sites for hydroxylation is 1. The van der Waals surface area contributed by atoms with E-state index in [9.17, 15) is 14.3 Å². The van der Waals surface area contributed by atoms with Crippen LogP contribution in [0.4, 0.5) is 10.2 Å². The number of nitrogens with zero attached hydrogens (tertiary/aromatic N) is 4. The van der Waals surface area contributed by atoms with Gasteiger partial charge < -0.3 is 19.8 Å². The summed E-state index contributed by atoms with van der Waals surface area (Å²) in [5.74, 6) is 1.49. The van der Waals surface area contributed by atoms with Crippen LogP contribution in [0.1, 0.15) is 50.0 Å². The first-order valence-electron chi connectivity index (χ1n) is 12.4. The number of rotatable bonds is 6. The van der Waals surface area contributed by atoms with E-state index in [1.165, 1.54) is 12.1 Å². The molecule has 8 nitrogen and oxygen atoms in total. The van der Waals surface area contributed by atoms with Crippen LogP contribution in [-0.2, 0) is 11.2 Å². The SMILES string of the molecule is Cc1cc(N[C@H]2CC[C@@H](C(=O)N3CCC(O)(Cc4ccnn4-c4ccc(F)cc4)CC3)CC2)no1. The molecule has 1 saturated carbocycles. The minimum atomic E-state index is -0.897. The summed E-state index contributed by atoms with van der Waals surface area (Å²) in [5.41, 5.74) is 0.727. The Kier molecular flexibility index (Phi) is 6.60. The molecule has 1 saturated heterocycles. The number of anilines is 1. The normalized spacial score (nSPS) is 22.2. The molecule has 186 valence electrons. The summed E-state index contributed by atoms with van der Waals surface area (Å²) < 4.78 is 20.1. The van der Waals surface area contributed by atoms with E-state index >= 15 is 0 Å². The van der Waals surface area contributed by atoms with E-state index in [1.54, 1.807) is 23.0 Å². The number of aromatic nitrogens is 3. The molecule has 35 heavy (non-hydrogen) atoms. The first-order chi connectivity index (χ1) is 16.9. The van der Waals surface area contributed by atoms with Crippen LogP contribution in [0.15, 0.2) is 47.1 Å². The second-order valence-electron chi connectivity index (χ2n) is 9.95. The highest BCUT2D eigenvalue weighted by atomic mass is 19.1. The van der Waals surface area contributed by atoms with Crippen LogP contribution in [0.25, 0.3) is 5.69 Å². The number of halogens is 1. The fourth-order valence-electron chi connectivity index (χ4n) is 5.32. The molecule has 2 N–H and O–H groups in total. The van der Waals surface area contributed by atoms with E-state index in [4.69, 9.17) is 4.52 Å². The summed E-state index contributed by atoms with van der Waals surface area (Å²) >= 11 is 0. The van der Waals surface area contributed by atoms with Crippen molar-refractivity contribution in [3.8, 4) is 5.69 Å². The Balaban J connectivity index is 1.12. The number of likely N-dealkylation sites (tertiary alicyclic amines) is 1. The predicted octanol–water partition coefficient (Wildman–Crippen LogP) is 3.87. The summed E-state index contributed by atoms with van der Waals surface area (Å²) in [7, 11) is 0. The maximum atomic E-state index is 13.3. The number of aliphatic hydroxyl groups is 1. The maximum Gasteiger partial charge on any atom is 0.225 e. The average Bonchev–Trinajstić information content (AvgIpc) is 3.48. The largest absolute Gasteiger partial charge is 0.389 e.